The number of para-hydroxylation sites is 1. The van der Waals surface area contributed by atoms with E-state index in [1.54, 1.807) is 37.3 Å². The van der Waals surface area contributed by atoms with Crippen LogP contribution in [0.15, 0.2) is 42.5 Å². The van der Waals surface area contributed by atoms with Crippen LogP contribution in [-0.4, -0.2) is 35.6 Å². The van der Waals surface area contributed by atoms with Crippen molar-refractivity contribution in [1.82, 2.24) is 5.32 Å². The predicted molar refractivity (Wildman–Crippen MR) is 98.0 cm³/mol. The maximum atomic E-state index is 12.5. The molecule has 0 aliphatic heterocycles. The number of aliphatic carboxylic acids is 1. The topological polar surface area (TPSA) is 119 Å². The van der Waals surface area contributed by atoms with E-state index in [1.807, 2.05) is 0 Å². The Morgan fingerprint density at radius 1 is 1.22 bits per heavy atom. The van der Waals surface area contributed by atoms with E-state index >= 15 is 0 Å². The van der Waals surface area contributed by atoms with E-state index in [2.05, 4.69) is 5.32 Å². The van der Waals surface area contributed by atoms with Crippen LogP contribution in [0.1, 0.15) is 21.5 Å². The molecule has 0 saturated heterocycles. The van der Waals surface area contributed by atoms with Gasteiger partial charge in [0.25, 0.3) is 11.6 Å². The van der Waals surface area contributed by atoms with Gasteiger partial charge in [0.05, 0.1) is 18.0 Å². The average molecular weight is 372 g/mol. The number of nitro benzene ring substituents is 1. The molecule has 8 heteroatoms. The quantitative estimate of drug-likeness (QED) is 0.543. The van der Waals surface area contributed by atoms with Crippen LogP contribution in [0.25, 0.3) is 0 Å². The van der Waals surface area contributed by atoms with Gasteiger partial charge in [0.2, 0.25) is 0 Å². The van der Waals surface area contributed by atoms with E-state index < -0.39 is 22.7 Å². The Kier molecular flexibility index (Phi) is 6.48. The summed E-state index contributed by atoms with van der Waals surface area (Å²) in [5, 5.41) is 23.1. The fraction of sp³-hybridized carbons (Fsp3) is 0.263. The third kappa shape index (κ3) is 4.81. The number of ether oxygens (including phenoxy) is 1. The average Bonchev–Trinajstić information content (AvgIpc) is 2.64. The SMILES string of the molecule is COc1ccccc1CC(CNC(=O)c1c(C)cccc1[N+](=O)[O-])C(=O)O. The van der Waals surface area contributed by atoms with Crippen LogP contribution in [0.5, 0.6) is 5.75 Å². The standard InChI is InChI=1S/C19H20N2O6/c1-12-6-5-8-15(21(25)26)17(12)18(22)20-11-14(19(23)24)10-13-7-3-4-9-16(13)27-2/h3-9,14H,10-11H2,1-2H3,(H,20,22)(H,23,24). The number of amides is 1. The summed E-state index contributed by atoms with van der Waals surface area (Å²) in [6, 6.07) is 11.3. The van der Waals surface area contributed by atoms with Gasteiger partial charge in [0, 0.05) is 12.6 Å². The highest BCUT2D eigenvalue weighted by atomic mass is 16.6. The van der Waals surface area contributed by atoms with E-state index in [-0.39, 0.29) is 24.2 Å². The van der Waals surface area contributed by atoms with Gasteiger partial charge in [-0.3, -0.25) is 19.7 Å². The molecule has 0 heterocycles. The second-order valence-electron chi connectivity index (χ2n) is 5.99. The summed E-state index contributed by atoms with van der Waals surface area (Å²) in [5.41, 5.74) is 0.759. The third-order valence-electron chi connectivity index (χ3n) is 4.19. The smallest absolute Gasteiger partial charge is 0.308 e. The lowest BCUT2D eigenvalue weighted by Gasteiger charge is -2.16. The van der Waals surface area contributed by atoms with E-state index in [1.165, 1.54) is 19.2 Å². The summed E-state index contributed by atoms with van der Waals surface area (Å²) < 4.78 is 5.22. The molecule has 2 aromatic carbocycles. The highest BCUT2D eigenvalue weighted by Crippen LogP contribution is 2.23. The molecule has 0 bridgehead atoms. The number of carboxylic acid groups (broad SMARTS) is 1. The van der Waals surface area contributed by atoms with Gasteiger partial charge in [-0.2, -0.15) is 0 Å². The maximum Gasteiger partial charge on any atom is 0.308 e. The number of hydrogen-bond donors (Lipinski definition) is 2. The Hall–Kier alpha value is -3.42. The van der Waals surface area contributed by atoms with Gasteiger partial charge in [-0.1, -0.05) is 30.3 Å². The molecule has 0 saturated carbocycles. The maximum absolute atomic E-state index is 12.5. The van der Waals surface area contributed by atoms with Gasteiger partial charge in [0.15, 0.2) is 0 Å². The highest BCUT2D eigenvalue weighted by molar-refractivity contribution is 5.99. The molecule has 0 aliphatic carbocycles. The van der Waals surface area contributed by atoms with Crippen molar-refractivity contribution in [2.75, 3.05) is 13.7 Å². The number of nitro groups is 1. The molecule has 2 N–H and O–H groups in total. The van der Waals surface area contributed by atoms with Crippen molar-refractivity contribution < 1.29 is 24.4 Å². The predicted octanol–water partition coefficient (Wildman–Crippen LogP) is 2.59. The molecule has 27 heavy (non-hydrogen) atoms. The number of carbonyl (C=O) groups is 2. The molecule has 0 fully saturated rings. The number of carbonyl (C=O) groups excluding carboxylic acids is 1. The molecule has 8 nitrogen and oxygen atoms in total. The fourth-order valence-electron chi connectivity index (χ4n) is 2.79. The normalized spacial score (nSPS) is 11.5. The zero-order valence-electron chi connectivity index (χ0n) is 15.0. The van der Waals surface area contributed by atoms with Crippen LogP contribution in [0.3, 0.4) is 0 Å². The first kappa shape index (κ1) is 19.9. The molecule has 0 spiro atoms. The monoisotopic (exact) mass is 372 g/mol. The Balaban J connectivity index is 2.16. The summed E-state index contributed by atoms with van der Waals surface area (Å²) in [7, 11) is 1.49. The lowest BCUT2D eigenvalue weighted by atomic mass is 9.98. The van der Waals surface area contributed by atoms with Crippen LogP contribution < -0.4 is 10.1 Å². The Bertz CT molecular complexity index is 865. The van der Waals surface area contributed by atoms with Gasteiger partial charge in [-0.25, -0.2) is 0 Å². The van der Waals surface area contributed by atoms with Crippen molar-refractivity contribution in [2.24, 2.45) is 5.92 Å². The van der Waals surface area contributed by atoms with Gasteiger partial charge in [0.1, 0.15) is 11.3 Å². The Morgan fingerprint density at radius 3 is 2.56 bits per heavy atom. The summed E-state index contributed by atoms with van der Waals surface area (Å²) in [5.74, 6) is -2.11. The van der Waals surface area contributed by atoms with Gasteiger partial charge < -0.3 is 15.2 Å². The molecule has 1 amide bonds. The molecule has 1 atom stereocenters. The van der Waals surface area contributed by atoms with Crippen molar-refractivity contribution in [2.45, 2.75) is 13.3 Å². The Labute approximate surface area is 155 Å². The van der Waals surface area contributed by atoms with Gasteiger partial charge >= 0.3 is 5.97 Å². The fourth-order valence-corrected chi connectivity index (χ4v) is 2.79. The van der Waals surface area contributed by atoms with Crippen LogP contribution in [0.4, 0.5) is 5.69 Å². The molecule has 0 radical (unpaired) electrons. The first-order chi connectivity index (χ1) is 12.8. The van der Waals surface area contributed by atoms with Crippen LogP contribution in [0.2, 0.25) is 0 Å². The number of rotatable bonds is 8. The van der Waals surface area contributed by atoms with E-state index in [9.17, 15) is 24.8 Å². The number of nitrogens with zero attached hydrogens (tertiary/aromatic N) is 1. The van der Waals surface area contributed by atoms with Crippen LogP contribution in [0, 0.1) is 23.0 Å². The summed E-state index contributed by atoms with van der Waals surface area (Å²) in [6.45, 7) is 1.42. The number of hydrogen-bond acceptors (Lipinski definition) is 5. The van der Waals surface area contributed by atoms with Crippen LogP contribution >= 0.6 is 0 Å². The number of nitrogens with one attached hydrogen (secondary N) is 1. The van der Waals surface area contributed by atoms with Gasteiger partial charge in [-0.05, 0) is 30.5 Å². The zero-order valence-corrected chi connectivity index (χ0v) is 15.0. The van der Waals surface area contributed by atoms with E-state index in [4.69, 9.17) is 4.74 Å². The van der Waals surface area contributed by atoms with Crippen molar-refractivity contribution in [3.63, 3.8) is 0 Å². The summed E-state index contributed by atoms with van der Waals surface area (Å²) in [6.07, 6.45) is 0.148. The molecule has 0 aromatic heterocycles. The minimum atomic E-state index is -1.08. The number of aryl methyl sites for hydroxylation is 1. The molecule has 0 aliphatic rings. The Morgan fingerprint density at radius 2 is 1.93 bits per heavy atom. The second-order valence-corrected chi connectivity index (χ2v) is 5.99. The number of benzene rings is 2. The van der Waals surface area contributed by atoms with Gasteiger partial charge in [-0.15, -0.1) is 0 Å². The lowest BCUT2D eigenvalue weighted by Crippen LogP contribution is -2.34. The van der Waals surface area contributed by atoms with Crippen molar-refractivity contribution >= 4 is 17.6 Å². The van der Waals surface area contributed by atoms with Crippen molar-refractivity contribution in [3.05, 3.63) is 69.3 Å². The first-order valence-corrected chi connectivity index (χ1v) is 8.22. The zero-order chi connectivity index (χ0) is 20.0. The van der Waals surface area contributed by atoms with Crippen molar-refractivity contribution in [1.29, 1.82) is 0 Å². The summed E-state index contributed by atoms with van der Waals surface area (Å²) >= 11 is 0. The molecule has 2 rings (SSSR count). The molecule has 142 valence electrons. The van der Waals surface area contributed by atoms with Crippen LogP contribution in [-0.2, 0) is 11.2 Å². The van der Waals surface area contributed by atoms with E-state index in [0.29, 0.717) is 16.9 Å². The van der Waals surface area contributed by atoms with E-state index in [0.717, 1.165) is 0 Å². The first-order valence-electron chi connectivity index (χ1n) is 8.22. The minimum Gasteiger partial charge on any atom is -0.496 e. The third-order valence-corrected chi connectivity index (χ3v) is 4.19. The second kappa shape index (κ2) is 8.79. The molecular formula is C19H20N2O6. The molecular weight excluding hydrogens is 352 g/mol. The summed E-state index contributed by atoms with van der Waals surface area (Å²) in [4.78, 5) is 34.6. The van der Waals surface area contributed by atoms with Crippen molar-refractivity contribution in [3.8, 4) is 5.75 Å². The largest absolute Gasteiger partial charge is 0.496 e. The molecule has 1 unspecified atom stereocenters. The number of carboxylic acids is 1. The minimum absolute atomic E-state index is 0.0658. The highest BCUT2D eigenvalue weighted by Gasteiger charge is 2.25. The number of methoxy groups -OCH3 is 1. The lowest BCUT2D eigenvalue weighted by molar-refractivity contribution is -0.385. The molecule has 2 aromatic rings.